The van der Waals surface area contributed by atoms with Gasteiger partial charge in [-0.05, 0) is 82.1 Å². The Morgan fingerprint density at radius 3 is 1.79 bits per heavy atom. The van der Waals surface area contributed by atoms with Crippen LogP contribution in [-0.2, 0) is 0 Å². The van der Waals surface area contributed by atoms with Gasteiger partial charge < -0.3 is 9.13 Å². The highest BCUT2D eigenvalue weighted by molar-refractivity contribution is 6.17. The van der Waals surface area contributed by atoms with Crippen LogP contribution in [-0.4, -0.2) is 14.1 Å². The lowest BCUT2D eigenvalue weighted by Gasteiger charge is -2.12. The van der Waals surface area contributed by atoms with Crippen molar-refractivity contribution in [3.63, 3.8) is 0 Å². The number of hydrogen-bond donors (Lipinski definition) is 0. The molecule has 3 heteroatoms. The van der Waals surface area contributed by atoms with E-state index in [1.807, 2.05) is 12.4 Å². The van der Waals surface area contributed by atoms with Gasteiger partial charge in [0.1, 0.15) is 0 Å². The zero-order chi connectivity index (χ0) is 27.4. The van der Waals surface area contributed by atoms with E-state index in [-0.39, 0.29) is 0 Å². The normalized spacial score (nSPS) is 12.3. The smallest absolute Gasteiger partial charge is 0.0542 e. The third-order valence-electron chi connectivity index (χ3n) is 9.12. The molecule has 3 heterocycles. The largest absolute Gasteiger partial charge is 0.309 e. The molecule has 0 fully saturated rings. The Morgan fingerprint density at radius 2 is 1.05 bits per heavy atom. The molecule has 0 saturated heterocycles. The second-order valence-corrected chi connectivity index (χ2v) is 11.2. The average Bonchev–Trinajstić information content (AvgIpc) is 3.68. The molecule has 0 N–H and O–H groups in total. The fraction of sp³-hybridized carbons (Fsp3) is 0. The molecule has 0 aliphatic heterocycles. The summed E-state index contributed by atoms with van der Waals surface area (Å²) < 4.78 is 4.83. The highest BCUT2D eigenvalue weighted by Crippen LogP contribution is 2.48. The number of rotatable bonds is 2. The fourth-order valence-electron chi connectivity index (χ4n) is 7.40. The van der Waals surface area contributed by atoms with Crippen LogP contribution in [0.25, 0.3) is 88.0 Å². The Bertz CT molecular complexity index is 2530. The first-order valence-corrected chi connectivity index (χ1v) is 14.4. The van der Waals surface area contributed by atoms with Crippen LogP contribution in [0.3, 0.4) is 0 Å². The molecule has 1 aliphatic carbocycles. The van der Waals surface area contributed by atoms with E-state index in [1.165, 1.54) is 88.0 Å². The maximum Gasteiger partial charge on any atom is 0.0542 e. The van der Waals surface area contributed by atoms with E-state index in [0.717, 1.165) is 0 Å². The molecule has 3 nitrogen and oxygen atoms in total. The van der Waals surface area contributed by atoms with E-state index >= 15 is 0 Å². The van der Waals surface area contributed by atoms with Gasteiger partial charge in [-0.3, -0.25) is 4.98 Å². The average molecular weight is 534 g/mol. The summed E-state index contributed by atoms with van der Waals surface area (Å²) >= 11 is 0. The lowest BCUT2D eigenvalue weighted by molar-refractivity contribution is 1.17. The maximum atomic E-state index is 4.44. The SMILES string of the molecule is c1cc2c3c(cc(-n4c5ccccc5c5cc(-n6c7ccccc7c7ccccc76)ccc54)cc3c1)-c1ccncc1-2. The number of para-hydroxylation sites is 3. The summed E-state index contributed by atoms with van der Waals surface area (Å²) in [7, 11) is 0. The molecule has 0 bridgehead atoms. The summed E-state index contributed by atoms with van der Waals surface area (Å²) in [5, 5.41) is 7.63. The van der Waals surface area contributed by atoms with Crippen LogP contribution >= 0.6 is 0 Å². The van der Waals surface area contributed by atoms with Crippen LogP contribution in [0.15, 0.2) is 140 Å². The van der Waals surface area contributed by atoms with Crippen molar-refractivity contribution in [3.8, 4) is 33.6 Å². The zero-order valence-electron chi connectivity index (χ0n) is 22.6. The van der Waals surface area contributed by atoms with Crippen molar-refractivity contribution >= 4 is 54.4 Å². The second kappa shape index (κ2) is 7.96. The van der Waals surface area contributed by atoms with E-state index in [2.05, 4.69) is 142 Å². The summed E-state index contributed by atoms with van der Waals surface area (Å²) in [6, 6.07) is 46.6. The minimum absolute atomic E-state index is 1.17. The molecule has 1 aliphatic rings. The van der Waals surface area contributed by atoms with E-state index in [1.54, 1.807) is 0 Å². The number of aromatic nitrogens is 3. The van der Waals surface area contributed by atoms with Gasteiger partial charge in [0.2, 0.25) is 0 Å². The molecular formula is C39H23N3. The number of pyridine rings is 1. The van der Waals surface area contributed by atoms with Gasteiger partial charge in [0, 0.05) is 50.9 Å². The van der Waals surface area contributed by atoms with Crippen molar-refractivity contribution < 1.29 is 0 Å². The highest BCUT2D eigenvalue weighted by atomic mass is 15.0. The Hall–Kier alpha value is -5.67. The molecule has 0 radical (unpaired) electrons. The summed E-state index contributed by atoms with van der Waals surface area (Å²) in [5.74, 6) is 0. The van der Waals surface area contributed by atoms with Crippen LogP contribution in [0.2, 0.25) is 0 Å². The third-order valence-corrected chi connectivity index (χ3v) is 9.12. The van der Waals surface area contributed by atoms with Gasteiger partial charge >= 0.3 is 0 Å². The molecule has 9 aromatic rings. The summed E-state index contributed by atoms with van der Waals surface area (Å²) in [6.07, 6.45) is 3.90. The van der Waals surface area contributed by atoms with Crippen molar-refractivity contribution in [2.24, 2.45) is 0 Å². The van der Waals surface area contributed by atoms with Crippen LogP contribution in [0, 0.1) is 0 Å². The van der Waals surface area contributed by atoms with Crippen LogP contribution < -0.4 is 0 Å². The topological polar surface area (TPSA) is 22.8 Å². The molecule has 3 aromatic heterocycles. The molecule has 42 heavy (non-hydrogen) atoms. The van der Waals surface area contributed by atoms with Crippen LogP contribution in [0.5, 0.6) is 0 Å². The first-order valence-electron chi connectivity index (χ1n) is 14.4. The predicted molar refractivity (Wildman–Crippen MR) is 175 cm³/mol. The fourth-order valence-corrected chi connectivity index (χ4v) is 7.40. The molecular weight excluding hydrogens is 510 g/mol. The maximum absolute atomic E-state index is 4.44. The molecule has 194 valence electrons. The first-order chi connectivity index (χ1) is 20.8. The Morgan fingerprint density at radius 1 is 0.405 bits per heavy atom. The molecule has 0 amide bonds. The van der Waals surface area contributed by atoms with Crippen molar-refractivity contribution in [1.82, 2.24) is 14.1 Å². The quantitative estimate of drug-likeness (QED) is 0.217. The number of hydrogen-bond acceptors (Lipinski definition) is 1. The van der Waals surface area contributed by atoms with Crippen LogP contribution in [0.4, 0.5) is 0 Å². The van der Waals surface area contributed by atoms with Gasteiger partial charge in [0.05, 0.1) is 22.1 Å². The van der Waals surface area contributed by atoms with E-state index in [4.69, 9.17) is 0 Å². The molecule has 0 saturated carbocycles. The summed E-state index contributed by atoms with van der Waals surface area (Å²) in [6.45, 7) is 0. The van der Waals surface area contributed by atoms with Gasteiger partial charge in [0.15, 0.2) is 0 Å². The Kier molecular flexibility index (Phi) is 4.18. The standard InChI is InChI=1S/C39H23N3/c1-4-13-35-28(9-1)29-10-2-5-14-36(29)41(35)25-16-17-38-32(21-25)30-11-3-6-15-37(30)42(38)26-20-24-8-7-12-31-34-23-40-19-18-27(34)33(22-26)39(24)31/h1-23H. The van der Waals surface area contributed by atoms with Gasteiger partial charge in [-0.25, -0.2) is 0 Å². The van der Waals surface area contributed by atoms with Gasteiger partial charge in [-0.1, -0.05) is 72.8 Å². The lowest BCUT2D eigenvalue weighted by atomic mass is 10.0. The van der Waals surface area contributed by atoms with Gasteiger partial charge in [0.25, 0.3) is 0 Å². The molecule has 0 spiro atoms. The number of fused-ring (bicyclic) bond motifs is 9. The predicted octanol–water partition coefficient (Wildman–Crippen LogP) is 10.1. The van der Waals surface area contributed by atoms with Crippen molar-refractivity contribution in [2.45, 2.75) is 0 Å². The molecule has 6 aromatic carbocycles. The van der Waals surface area contributed by atoms with Crippen molar-refractivity contribution in [3.05, 3.63) is 140 Å². The molecule has 0 unspecified atom stereocenters. The summed E-state index contributed by atoms with van der Waals surface area (Å²) in [4.78, 5) is 4.44. The molecule has 0 atom stereocenters. The second-order valence-electron chi connectivity index (χ2n) is 11.2. The van der Waals surface area contributed by atoms with Gasteiger partial charge in [-0.2, -0.15) is 0 Å². The minimum Gasteiger partial charge on any atom is -0.309 e. The van der Waals surface area contributed by atoms with Crippen molar-refractivity contribution in [1.29, 1.82) is 0 Å². The highest BCUT2D eigenvalue weighted by Gasteiger charge is 2.23. The Balaban J connectivity index is 1.27. The van der Waals surface area contributed by atoms with Gasteiger partial charge in [-0.15, -0.1) is 0 Å². The minimum atomic E-state index is 1.17. The Labute approximate surface area is 241 Å². The lowest BCUT2D eigenvalue weighted by Crippen LogP contribution is -1.96. The van der Waals surface area contributed by atoms with E-state index < -0.39 is 0 Å². The van der Waals surface area contributed by atoms with E-state index in [9.17, 15) is 0 Å². The molecule has 10 rings (SSSR count). The van der Waals surface area contributed by atoms with Crippen LogP contribution in [0.1, 0.15) is 0 Å². The number of benzene rings is 6. The number of nitrogens with zero attached hydrogens (tertiary/aromatic N) is 3. The first kappa shape index (κ1) is 22.1. The zero-order valence-corrected chi connectivity index (χ0v) is 22.6. The summed E-state index contributed by atoms with van der Waals surface area (Å²) in [5.41, 5.74) is 12.2. The third kappa shape index (κ3) is 2.77. The van der Waals surface area contributed by atoms with Crippen molar-refractivity contribution in [2.75, 3.05) is 0 Å². The monoisotopic (exact) mass is 533 g/mol. The van der Waals surface area contributed by atoms with E-state index in [0.29, 0.717) is 0 Å².